The Bertz CT molecular complexity index is 488. The minimum Gasteiger partial charge on any atom is -0.396 e. The topological polar surface area (TPSA) is 65.5 Å². The number of carbonyl (C=O) groups excluding carboxylic acids is 1. The highest BCUT2D eigenvalue weighted by atomic mass is 16.3. The minimum atomic E-state index is -0.0928. The van der Waals surface area contributed by atoms with E-state index in [9.17, 15) is 9.90 Å². The number of carbonyl (C=O) groups is 1. The van der Waals surface area contributed by atoms with Gasteiger partial charge in [-0.05, 0) is 37.9 Å². The van der Waals surface area contributed by atoms with Crippen molar-refractivity contribution in [3.8, 4) is 0 Å². The van der Waals surface area contributed by atoms with E-state index in [1.165, 1.54) is 25.7 Å². The molecule has 5 heteroatoms. The molecule has 0 radical (unpaired) electrons. The van der Waals surface area contributed by atoms with Gasteiger partial charge in [-0.1, -0.05) is 12.8 Å². The first kappa shape index (κ1) is 15.4. The molecule has 2 fully saturated rings. The van der Waals surface area contributed by atoms with Crippen LogP contribution >= 0.6 is 0 Å². The summed E-state index contributed by atoms with van der Waals surface area (Å²) in [5.41, 5.74) is 0.581. The third-order valence-electron chi connectivity index (χ3n) is 5.10. The van der Waals surface area contributed by atoms with Crippen molar-refractivity contribution in [1.29, 1.82) is 0 Å². The Hall–Kier alpha value is -1.46. The molecule has 1 amide bonds. The lowest BCUT2D eigenvalue weighted by Crippen LogP contribution is -2.55. The fourth-order valence-electron chi connectivity index (χ4n) is 3.76. The highest BCUT2D eigenvalue weighted by Gasteiger charge is 2.34. The van der Waals surface area contributed by atoms with Crippen LogP contribution in [0.4, 0.5) is 0 Å². The van der Waals surface area contributed by atoms with Gasteiger partial charge >= 0.3 is 0 Å². The summed E-state index contributed by atoms with van der Waals surface area (Å²) in [5, 5.41) is 12.7. The summed E-state index contributed by atoms with van der Waals surface area (Å²) in [6.07, 6.45) is 9.37. The predicted octanol–water partition coefficient (Wildman–Crippen LogP) is 1.44. The number of aliphatic hydroxyl groups is 1. The molecule has 0 aromatic carbocycles. The van der Waals surface area contributed by atoms with Crippen LogP contribution in [-0.4, -0.2) is 52.7 Å². The molecule has 0 bridgehead atoms. The maximum Gasteiger partial charge on any atom is 0.253 e. The van der Waals surface area contributed by atoms with E-state index in [1.54, 1.807) is 24.5 Å². The van der Waals surface area contributed by atoms with Gasteiger partial charge in [-0.3, -0.25) is 14.7 Å². The summed E-state index contributed by atoms with van der Waals surface area (Å²) < 4.78 is 0. The first-order chi connectivity index (χ1) is 10.8. The summed E-state index contributed by atoms with van der Waals surface area (Å²) in [7, 11) is 0. The van der Waals surface area contributed by atoms with Crippen LogP contribution in [-0.2, 0) is 0 Å². The molecule has 1 aliphatic carbocycles. The fraction of sp³-hybridized carbons (Fsp3) is 0.647. The van der Waals surface area contributed by atoms with Gasteiger partial charge in [0.25, 0.3) is 5.91 Å². The second kappa shape index (κ2) is 7.20. The molecule has 0 unspecified atom stereocenters. The smallest absolute Gasteiger partial charge is 0.253 e. The van der Waals surface area contributed by atoms with E-state index < -0.39 is 0 Å². The number of hydrogen-bond donors (Lipinski definition) is 2. The van der Waals surface area contributed by atoms with Crippen LogP contribution < -0.4 is 5.32 Å². The van der Waals surface area contributed by atoms with E-state index in [2.05, 4.69) is 15.2 Å². The van der Waals surface area contributed by atoms with Crippen LogP contribution in [0.3, 0.4) is 0 Å². The zero-order valence-corrected chi connectivity index (χ0v) is 12.9. The monoisotopic (exact) mass is 303 g/mol. The average molecular weight is 303 g/mol. The van der Waals surface area contributed by atoms with E-state index in [4.69, 9.17) is 0 Å². The van der Waals surface area contributed by atoms with Crippen molar-refractivity contribution < 1.29 is 9.90 Å². The highest BCUT2D eigenvalue weighted by molar-refractivity contribution is 5.94. The van der Waals surface area contributed by atoms with Crippen LogP contribution in [0.15, 0.2) is 24.5 Å². The van der Waals surface area contributed by atoms with Gasteiger partial charge in [-0.25, -0.2) is 0 Å². The summed E-state index contributed by atoms with van der Waals surface area (Å²) in [5.74, 6) is 0.0584. The molecule has 2 heterocycles. The average Bonchev–Trinajstić information content (AvgIpc) is 3.10. The molecule has 2 atom stereocenters. The van der Waals surface area contributed by atoms with Gasteiger partial charge in [-0.2, -0.15) is 0 Å². The Balaban J connectivity index is 1.64. The second-order valence-corrected chi connectivity index (χ2v) is 6.49. The van der Waals surface area contributed by atoms with E-state index in [0.717, 1.165) is 19.5 Å². The highest BCUT2D eigenvalue weighted by Crippen LogP contribution is 2.28. The molecule has 1 saturated heterocycles. The third kappa shape index (κ3) is 3.47. The van der Waals surface area contributed by atoms with Crippen molar-refractivity contribution in [3.63, 3.8) is 0 Å². The van der Waals surface area contributed by atoms with Crippen LogP contribution in [0.25, 0.3) is 0 Å². The first-order valence-corrected chi connectivity index (χ1v) is 8.33. The standard InChI is InChI=1S/C17H25N3O2/c21-12-14-7-9-20(15-5-1-2-6-15)11-16(14)19-17(22)13-4-3-8-18-10-13/h3-4,8,10,14-16,21H,1-2,5-7,9,11-12H2,(H,19,22)/t14-,16-/m1/s1. The number of hydrogen-bond acceptors (Lipinski definition) is 4. The zero-order chi connectivity index (χ0) is 15.4. The maximum atomic E-state index is 12.4. The Kier molecular flexibility index (Phi) is 5.05. The molecule has 5 nitrogen and oxygen atoms in total. The Labute approximate surface area is 131 Å². The first-order valence-electron chi connectivity index (χ1n) is 8.33. The van der Waals surface area contributed by atoms with Gasteiger partial charge in [0.1, 0.15) is 0 Å². The molecule has 0 spiro atoms. The van der Waals surface area contributed by atoms with Crippen LogP contribution in [0.5, 0.6) is 0 Å². The summed E-state index contributed by atoms with van der Waals surface area (Å²) >= 11 is 0. The molecular weight excluding hydrogens is 278 g/mol. The van der Waals surface area contributed by atoms with Gasteiger partial charge < -0.3 is 10.4 Å². The van der Waals surface area contributed by atoms with Crippen molar-refractivity contribution in [3.05, 3.63) is 30.1 Å². The molecule has 1 saturated carbocycles. The minimum absolute atomic E-state index is 0.0204. The summed E-state index contributed by atoms with van der Waals surface area (Å²) in [6, 6.07) is 4.22. The number of pyridine rings is 1. The molecular formula is C17H25N3O2. The lowest BCUT2D eigenvalue weighted by Gasteiger charge is -2.41. The third-order valence-corrected chi connectivity index (χ3v) is 5.10. The normalized spacial score (nSPS) is 27.0. The van der Waals surface area contributed by atoms with Crippen molar-refractivity contribution in [2.24, 2.45) is 5.92 Å². The van der Waals surface area contributed by atoms with E-state index >= 15 is 0 Å². The van der Waals surface area contributed by atoms with Gasteiger partial charge in [-0.15, -0.1) is 0 Å². The number of nitrogens with zero attached hydrogens (tertiary/aromatic N) is 2. The van der Waals surface area contributed by atoms with Gasteiger partial charge in [0, 0.05) is 43.5 Å². The van der Waals surface area contributed by atoms with Crippen LogP contribution in [0.2, 0.25) is 0 Å². The van der Waals surface area contributed by atoms with Crippen molar-refractivity contribution in [1.82, 2.24) is 15.2 Å². The Morgan fingerprint density at radius 2 is 2.18 bits per heavy atom. The number of amides is 1. The number of aliphatic hydroxyl groups excluding tert-OH is 1. The largest absolute Gasteiger partial charge is 0.396 e. The van der Waals surface area contributed by atoms with E-state index in [0.29, 0.717) is 11.6 Å². The second-order valence-electron chi connectivity index (χ2n) is 6.49. The van der Waals surface area contributed by atoms with Crippen LogP contribution in [0.1, 0.15) is 42.5 Å². The lowest BCUT2D eigenvalue weighted by atomic mass is 9.91. The summed E-state index contributed by atoms with van der Waals surface area (Å²) in [4.78, 5) is 18.9. The number of rotatable bonds is 4. The molecule has 2 aliphatic rings. The zero-order valence-electron chi connectivity index (χ0n) is 12.9. The van der Waals surface area contributed by atoms with E-state index in [-0.39, 0.29) is 24.5 Å². The molecule has 2 N–H and O–H groups in total. The van der Waals surface area contributed by atoms with Crippen molar-refractivity contribution >= 4 is 5.91 Å². The quantitative estimate of drug-likeness (QED) is 0.883. The van der Waals surface area contributed by atoms with Gasteiger partial charge in [0.2, 0.25) is 0 Å². The SMILES string of the molecule is O=C(N[C@@H]1CN(C2CCCC2)CC[C@@H]1CO)c1cccnc1. The maximum absolute atomic E-state index is 12.4. The molecule has 1 aromatic heterocycles. The number of aromatic nitrogens is 1. The van der Waals surface area contributed by atoms with Crippen LogP contribution in [0, 0.1) is 5.92 Å². The van der Waals surface area contributed by atoms with Gasteiger partial charge in [0.15, 0.2) is 0 Å². The predicted molar refractivity (Wildman–Crippen MR) is 84.5 cm³/mol. The summed E-state index contributed by atoms with van der Waals surface area (Å²) in [6.45, 7) is 2.02. The molecule has 3 rings (SSSR count). The molecule has 1 aliphatic heterocycles. The van der Waals surface area contributed by atoms with Crippen molar-refractivity contribution in [2.75, 3.05) is 19.7 Å². The fourth-order valence-corrected chi connectivity index (χ4v) is 3.76. The molecule has 120 valence electrons. The molecule has 22 heavy (non-hydrogen) atoms. The van der Waals surface area contributed by atoms with Gasteiger partial charge in [0.05, 0.1) is 5.56 Å². The Morgan fingerprint density at radius 1 is 1.36 bits per heavy atom. The number of nitrogens with one attached hydrogen (secondary N) is 1. The number of piperidine rings is 1. The lowest BCUT2D eigenvalue weighted by molar-refractivity contribution is 0.0616. The number of likely N-dealkylation sites (tertiary alicyclic amines) is 1. The van der Waals surface area contributed by atoms with E-state index in [1.807, 2.05) is 0 Å². The van der Waals surface area contributed by atoms with Crippen molar-refractivity contribution in [2.45, 2.75) is 44.2 Å². The molecule has 1 aromatic rings. The Morgan fingerprint density at radius 3 is 2.86 bits per heavy atom.